The zero-order valence-electron chi connectivity index (χ0n) is 11.1. The molecule has 0 saturated heterocycles. The van der Waals surface area contributed by atoms with Crippen LogP contribution in [0.25, 0.3) is 0 Å². The van der Waals surface area contributed by atoms with Gasteiger partial charge in [-0.2, -0.15) is 5.26 Å². The summed E-state index contributed by atoms with van der Waals surface area (Å²) >= 11 is 0. The van der Waals surface area contributed by atoms with Crippen molar-refractivity contribution in [3.05, 3.63) is 35.9 Å². The van der Waals surface area contributed by atoms with E-state index in [9.17, 15) is 5.26 Å². The van der Waals surface area contributed by atoms with E-state index in [0.29, 0.717) is 5.92 Å². The van der Waals surface area contributed by atoms with Crippen LogP contribution in [0.2, 0.25) is 0 Å². The van der Waals surface area contributed by atoms with Gasteiger partial charge in [0.05, 0.1) is 12.0 Å². The van der Waals surface area contributed by atoms with E-state index in [2.05, 4.69) is 31.7 Å². The van der Waals surface area contributed by atoms with E-state index in [0.717, 1.165) is 25.2 Å². The number of rotatable bonds is 6. The highest BCUT2D eigenvalue weighted by molar-refractivity contribution is 5.25. The number of benzene rings is 1. The first-order valence-electron chi connectivity index (χ1n) is 6.34. The molecule has 0 amide bonds. The topological polar surface area (TPSA) is 27.0 Å². The van der Waals surface area contributed by atoms with Crippen LogP contribution in [0, 0.1) is 17.2 Å². The Morgan fingerprint density at radius 3 is 2.29 bits per heavy atom. The van der Waals surface area contributed by atoms with Crippen molar-refractivity contribution in [3.63, 3.8) is 0 Å². The second-order valence-corrected chi connectivity index (χ2v) is 4.84. The number of nitrogens with zero attached hydrogens (tertiary/aromatic N) is 2. The van der Waals surface area contributed by atoms with Crippen LogP contribution in [0.4, 0.5) is 0 Å². The van der Waals surface area contributed by atoms with Crippen molar-refractivity contribution >= 4 is 0 Å². The molecule has 1 aromatic carbocycles. The lowest BCUT2D eigenvalue weighted by Crippen LogP contribution is -2.31. The summed E-state index contributed by atoms with van der Waals surface area (Å²) in [4.78, 5) is 2.35. The fourth-order valence-corrected chi connectivity index (χ4v) is 2.01. The quantitative estimate of drug-likeness (QED) is 0.750. The van der Waals surface area contributed by atoms with Crippen molar-refractivity contribution < 1.29 is 0 Å². The highest BCUT2D eigenvalue weighted by atomic mass is 15.1. The molecule has 0 bridgehead atoms. The van der Waals surface area contributed by atoms with Gasteiger partial charge in [-0.05, 0) is 18.0 Å². The third-order valence-corrected chi connectivity index (χ3v) is 2.87. The second-order valence-electron chi connectivity index (χ2n) is 4.84. The summed E-state index contributed by atoms with van der Waals surface area (Å²) in [6, 6.07) is 12.5. The number of hydrogen-bond acceptors (Lipinski definition) is 2. The van der Waals surface area contributed by atoms with Gasteiger partial charge in [0.25, 0.3) is 0 Å². The van der Waals surface area contributed by atoms with Crippen LogP contribution in [0.1, 0.15) is 32.3 Å². The van der Waals surface area contributed by atoms with E-state index >= 15 is 0 Å². The molecule has 0 radical (unpaired) electrons. The van der Waals surface area contributed by atoms with Crippen LogP contribution in [-0.4, -0.2) is 24.5 Å². The van der Waals surface area contributed by atoms with Gasteiger partial charge in [-0.3, -0.25) is 0 Å². The largest absolute Gasteiger partial charge is 0.302 e. The van der Waals surface area contributed by atoms with Gasteiger partial charge in [-0.1, -0.05) is 51.1 Å². The maximum absolute atomic E-state index is 9.28. The Morgan fingerprint density at radius 2 is 1.82 bits per heavy atom. The third kappa shape index (κ3) is 4.58. The van der Waals surface area contributed by atoms with Crippen molar-refractivity contribution in [2.75, 3.05) is 19.6 Å². The van der Waals surface area contributed by atoms with E-state index in [4.69, 9.17) is 0 Å². The van der Waals surface area contributed by atoms with Crippen molar-refractivity contribution in [1.29, 1.82) is 5.26 Å². The minimum atomic E-state index is -0.0186. The van der Waals surface area contributed by atoms with Gasteiger partial charge < -0.3 is 4.90 Å². The van der Waals surface area contributed by atoms with Gasteiger partial charge in [-0.15, -0.1) is 0 Å². The van der Waals surface area contributed by atoms with E-state index in [1.54, 1.807) is 0 Å². The summed E-state index contributed by atoms with van der Waals surface area (Å²) in [7, 11) is 0. The molecule has 0 aromatic heterocycles. The molecular weight excluding hydrogens is 208 g/mol. The Labute approximate surface area is 105 Å². The SMILES string of the molecule is CCN(CC(C)C)CC(C#N)c1ccccc1. The zero-order valence-corrected chi connectivity index (χ0v) is 11.1. The first-order chi connectivity index (χ1) is 8.17. The Bertz CT molecular complexity index is 351. The van der Waals surface area contributed by atoms with Crippen molar-refractivity contribution in [3.8, 4) is 6.07 Å². The zero-order chi connectivity index (χ0) is 12.7. The lowest BCUT2D eigenvalue weighted by molar-refractivity contribution is 0.252. The predicted octanol–water partition coefficient (Wildman–Crippen LogP) is 3.27. The van der Waals surface area contributed by atoms with E-state index in [1.807, 2.05) is 30.3 Å². The molecule has 0 heterocycles. The second kappa shape index (κ2) is 7.09. The van der Waals surface area contributed by atoms with Crippen LogP contribution in [-0.2, 0) is 0 Å². The van der Waals surface area contributed by atoms with Crippen LogP contribution in [0.3, 0.4) is 0 Å². The molecule has 1 unspecified atom stereocenters. The summed E-state index contributed by atoms with van der Waals surface area (Å²) < 4.78 is 0. The molecule has 1 rings (SSSR count). The van der Waals surface area contributed by atoms with Crippen molar-refractivity contribution in [1.82, 2.24) is 4.90 Å². The van der Waals surface area contributed by atoms with Crippen LogP contribution < -0.4 is 0 Å². The van der Waals surface area contributed by atoms with E-state index < -0.39 is 0 Å². The first kappa shape index (κ1) is 13.7. The van der Waals surface area contributed by atoms with Crippen molar-refractivity contribution in [2.24, 2.45) is 5.92 Å². The highest BCUT2D eigenvalue weighted by Gasteiger charge is 2.15. The maximum Gasteiger partial charge on any atom is 0.0839 e. The Hall–Kier alpha value is -1.33. The van der Waals surface area contributed by atoms with Gasteiger partial charge >= 0.3 is 0 Å². The van der Waals surface area contributed by atoms with Gasteiger partial charge in [0.1, 0.15) is 0 Å². The molecule has 0 fully saturated rings. The molecule has 0 spiro atoms. The van der Waals surface area contributed by atoms with E-state index in [-0.39, 0.29) is 5.92 Å². The minimum absolute atomic E-state index is 0.0186. The van der Waals surface area contributed by atoms with Gasteiger partial charge in [0.15, 0.2) is 0 Å². The van der Waals surface area contributed by atoms with Crippen LogP contribution in [0.15, 0.2) is 30.3 Å². The van der Waals surface area contributed by atoms with Crippen molar-refractivity contribution in [2.45, 2.75) is 26.7 Å². The fourth-order valence-electron chi connectivity index (χ4n) is 2.01. The molecule has 2 heteroatoms. The monoisotopic (exact) mass is 230 g/mol. The predicted molar refractivity (Wildman–Crippen MR) is 71.7 cm³/mol. The summed E-state index contributed by atoms with van der Waals surface area (Å²) in [5.74, 6) is 0.625. The number of nitriles is 1. The molecule has 92 valence electrons. The number of likely N-dealkylation sites (N-methyl/N-ethyl adjacent to an activating group) is 1. The number of hydrogen-bond donors (Lipinski definition) is 0. The standard InChI is InChI=1S/C15H22N2/c1-4-17(11-13(2)3)12-15(10-16)14-8-6-5-7-9-14/h5-9,13,15H,4,11-12H2,1-3H3. The molecule has 2 nitrogen and oxygen atoms in total. The average molecular weight is 230 g/mol. The lowest BCUT2D eigenvalue weighted by atomic mass is 10.00. The third-order valence-electron chi connectivity index (χ3n) is 2.87. The molecule has 17 heavy (non-hydrogen) atoms. The molecular formula is C15H22N2. The Morgan fingerprint density at radius 1 is 1.18 bits per heavy atom. The van der Waals surface area contributed by atoms with E-state index in [1.165, 1.54) is 0 Å². The molecule has 1 aromatic rings. The maximum atomic E-state index is 9.28. The van der Waals surface area contributed by atoms with Crippen LogP contribution >= 0.6 is 0 Å². The first-order valence-corrected chi connectivity index (χ1v) is 6.34. The lowest BCUT2D eigenvalue weighted by Gasteiger charge is -2.24. The minimum Gasteiger partial charge on any atom is -0.302 e. The summed E-state index contributed by atoms with van der Waals surface area (Å²) in [5, 5.41) is 9.28. The average Bonchev–Trinajstić information content (AvgIpc) is 2.35. The summed E-state index contributed by atoms with van der Waals surface area (Å²) in [6.45, 7) is 9.47. The smallest absolute Gasteiger partial charge is 0.0839 e. The Balaban J connectivity index is 2.67. The summed E-state index contributed by atoms with van der Waals surface area (Å²) in [5.41, 5.74) is 1.12. The van der Waals surface area contributed by atoms with Gasteiger partial charge in [0.2, 0.25) is 0 Å². The molecule has 0 aliphatic carbocycles. The highest BCUT2D eigenvalue weighted by Crippen LogP contribution is 2.16. The molecule has 1 atom stereocenters. The van der Waals surface area contributed by atoms with Crippen LogP contribution in [0.5, 0.6) is 0 Å². The molecule has 0 aliphatic heterocycles. The molecule has 0 N–H and O–H groups in total. The Kier molecular flexibility index (Phi) is 5.72. The summed E-state index contributed by atoms with van der Waals surface area (Å²) in [6.07, 6.45) is 0. The normalized spacial score (nSPS) is 12.7. The fraction of sp³-hybridized carbons (Fsp3) is 0.533. The van der Waals surface area contributed by atoms with Gasteiger partial charge in [-0.25, -0.2) is 0 Å². The molecule has 0 aliphatic rings. The molecule has 0 saturated carbocycles. The van der Waals surface area contributed by atoms with Gasteiger partial charge in [0, 0.05) is 13.1 Å².